The minimum absolute atomic E-state index is 0.223. The Morgan fingerprint density at radius 3 is 2.31 bits per heavy atom. The number of amides is 2. The standard InChI is InChI=1S/C21H25N3O2/c1-16(22-21(26)17-10-4-2-5-11-17)20(25)23-18-12-6-7-13-19(18)24-14-8-3-9-15-24/h2,4-7,10-13,16H,3,8-9,14-15H2,1H3,(H,22,26)(H,23,25). The van der Waals surface area contributed by atoms with Crippen LogP contribution in [0.15, 0.2) is 54.6 Å². The second kappa shape index (κ2) is 8.52. The Hall–Kier alpha value is -2.82. The number of rotatable bonds is 5. The van der Waals surface area contributed by atoms with E-state index in [1.165, 1.54) is 19.3 Å². The molecule has 2 aromatic rings. The molecule has 5 heteroatoms. The quantitative estimate of drug-likeness (QED) is 0.867. The topological polar surface area (TPSA) is 61.4 Å². The molecule has 0 spiro atoms. The van der Waals surface area contributed by atoms with Gasteiger partial charge in [0.2, 0.25) is 5.91 Å². The molecular weight excluding hydrogens is 326 g/mol. The molecule has 136 valence electrons. The van der Waals surface area contributed by atoms with Gasteiger partial charge in [-0.15, -0.1) is 0 Å². The van der Waals surface area contributed by atoms with Gasteiger partial charge in [0.25, 0.3) is 5.91 Å². The average Bonchev–Trinajstić information content (AvgIpc) is 2.69. The Balaban J connectivity index is 1.65. The van der Waals surface area contributed by atoms with Crippen LogP contribution < -0.4 is 15.5 Å². The van der Waals surface area contributed by atoms with Crippen molar-refractivity contribution >= 4 is 23.2 Å². The molecular formula is C21H25N3O2. The van der Waals surface area contributed by atoms with Crippen LogP contribution in [0.1, 0.15) is 36.5 Å². The SMILES string of the molecule is CC(NC(=O)c1ccccc1)C(=O)Nc1ccccc1N1CCCCC1. The Morgan fingerprint density at radius 2 is 1.58 bits per heavy atom. The van der Waals surface area contributed by atoms with E-state index in [1.54, 1.807) is 31.2 Å². The fourth-order valence-electron chi connectivity index (χ4n) is 3.17. The second-order valence-electron chi connectivity index (χ2n) is 6.62. The summed E-state index contributed by atoms with van der Waals surface area (Å²) in [5.74, 6) is -0.476. The van der Waals surface area contributed by atoms with Gasteiger partial charge in [-0.2, -0.15) is 0 Å². The van der Waals surface area contributed by atoms with E-state index in [9.17, 15) is 9.59 Å². The lowest BCUT2D eigenvalue weighted by atomic mass is 10.1. The highest BCUT2D eigenvalue weighted by atomic mass is 16.2. The Labute approximate surface area is 154 Å². The Morgan fingerprint density at radius 1 is 0.923 bits per heavy atom. The van der Waals surface area contributed by atoms with Crippen LogP contribution in [-0.4, -0.2) is 30.9 Å². The highest BCUT2D eigenvalue weighted by Gasteiger charge is 2.19. The van der Waals surface area contributed by atoms with Crippen molar-refractivity contribution in [2.75, 3.05) is 23.3 Å². The van der Waals surface area contributed by atoms with Crippen LogP contribution in [0.4, 0.5) is 11.4 Å². The summed E-state index contributed by atoms with van der Waals surface area (Å²) in [6, 6.07) is 16.1. The zero-order valence-corrected chi connectivity index (χ0v) is 15.1. The molecule has 1 saturated heterocycles. The third-order valence-corrected chi connectivity index (χ3v) is 4.64. The van der Waals surface area contributed by atoms with Crippen molar-refractivity contribution in [3.05, 3.63) is 60.2 Å². The number of hydrogen-bond donors (Lipinski definition) is 2. The van der Waals surface area contributed by atoms with Crippen molar-refractivity contribution in [3.8, 4) is 0 Å². The van der Waals surface area contributed by atoms with Gasteiger partial charge >= 0.3 is 0 Å². The summed E-state index contributed by atoms with van der Waals surface area (Å²) in [7, 11) is 0. The molecule has 0 aliphatic carbocycles. The number of piperidine rings is 1. The van der Waals surface area contributed by atoms with E-state index in [-0.39, 0.29) is 11.8 Å². The average molecular weight is 351 g/mol. The molecule has 0 aromatic heterocycles. The maximum Gasteiger partial charge on any atom is 0.251 e. The van der Waals surface area contributed by atoms with E-state index in [0.29, 0.717) is 5.56 Å². The maximum absolute atomic E-state index is 12.6. The number of anilines is 2. The third kappa shape index (κ3) is 4.42. The second-order valence-corrected chi connectivity index (χ2v) is 6.62. The number of para-hydroxylation sites is 2. The number of nitrogens with one attached hydrogen (secondary N) is 2. The summed E-state index contributed by atoms with van der Waals surface area (Å²) in [4.78, 5) is 27.1. The van der Waals surface area contributed by atoms with E-state index in [2.05, 4.69) is 15.5 Å². The van der Waals surface area contributed by atoms with Crippen LogP contribution in [0.5, 0.6) is 0 Å². The summed E-state index contributed by atoms with van der Waals surface area (Å²) >= 11 is 0. The summed E-state index contributed by atoms with van der Waals surface area (Å²) in [6.07, 6.45) is 3.60. The summed E-state index contributed by atoms with van der Waals surface area (Å²) in [5.41, 5.74) is 2.38. The number of benzene rings is 2. The summed E-state index contributed by atoms with van der Waals surface area (Å²) in [6.45, 7) is 3.71. The zero-order chi connectivity index (χ0) is 18.4. The van der Waals surface area contributed by atoms with Gasteiger partial charge in [-0.3, -0.25) is 9.59 Å². The van der Waals surface area contributed by atoms with Crippen molar-refractivity contribution in [3.63, 3.8) is 0 Å². The third-order valence-electron chi connectivity index (χ3n) is 4.64. The molecule has 1 atom stereocenters. The van der Waals surface area contributed by atoms with Gasteiger partial charge in [0, 0.05) is 18.7 Å². The first kappa shape index (κ1) is 18.0. The lowest BCUT2D eigenvalue weighted by Crippen LogP contribution is -2.42. The first-order valence-electron chi connectivity index (χ1n) is 9.16. The highest BCUT2D eigenvalue weighted by Crippen LogP contribution is 2.28. The fourth-order valence-corrected chi connectivity index (χ4v) is 3.17. The van der Waals surface area contributed by atoms with Gasteiger partial charge in [0.05, 0.1) is 11.4 Å². The maximum atomic E-state index is 12.6. The molecule has 3 rings (SSSR count). The molecule has 26 heavy (non-hydrogen) atoms. The van der Waals surface area contributed by atoms with Gasteiger partial charge in [-0.25, -0.2) is 0 Å². The Kier molecular flexibility index (Phi) is 5.89. The van der Waals surface area contributed by atoms with Gasteiger partial charge in [-0.1, -0.05) is 30.3 Å². The lowest BCUT2D eigenvalue weighted by molar-refractivity contribution is -0.117. The first-order chi connectivity index (χ1) is 12.6. The molecule has 1 aliphatic heterocycles. The number of hydrogen-bond acceptors (Lipinski definition) is 3. The fraction of sp³-hybridized carbons (Fsp3) is 0.333. The van der Waals surface area contributed by atoms with Crippen molar-refractivity contribution in [2.24, 2.45) is 0 Å². The molecule has 1 fully saturated rings. The molecule has 0 bridgehead atoms. The van der Waals surface area contributed by atoms with Crippen LogP contribution in [0.2, 0.25) is 0 Å². The molecule has 5 nitrogen and oxygen atoms in total. The first-order valence-corrected chi connectivity index (χ1v) is 9.16. The molecule has 0 saturated carbocycles. The molecule has 2 amide bonds. The minimum atomic E-state index is -0.628. The van der Waals surface area contributed by atoms with Crippen molar-refractivity contribution in [1.29, 1.82) is 0 Å². The van der Waals surface area contributed by atoms with Crippen molar-refractivity contribution < 1.29 is 9.59 Å². The van der Waals surface area contributed by atoms with Crippen molar-refractivity contribution in [2.45, 2.75) is 32.2 Å². The summed E-state index contributed by atoms with van der Waals surface area (Å²) < 4.78 is 0. The van der Waals surface area contributed by atoms with E-state index < -0.39 is 6.04 Å². The van der Waals surface area contributed by atoms with Gasteiger partial charge in [0.15, 0.2) is 0 Å². The van der Waals surface area contributed by atoms with Crippen LogP contribution in [0.3, 0.4) is 0 Å². The lowest BCUT2D eigenvalue weighted by Gasteiger charge is -2.30. The molecule has 1 heterocycles. The predicted molar refractivity (Wildman–Crippen MR) is 105 cm³/mol. The number of carbonyl (C=O) groups excluding carboxylic acids is 2. The minimum Gasteiger partial charge on any atom is -0.370 e. The molecule has 2 aromatic carbocycles. The zero-order valence-electron chi connectivity index (χ0n) is 15.1. The molecule has 1 aliphatic rings. The van der Waals surface area contributed by atoms with Crippen LogP contribution in [-0.2, 0) is 4.79 Å². The van der Waals surface area contributed by atoms with Gasteiger partial charge in [-0.05, 0) is 50.5 Å². The normalized spacial score (nSPS) is 15.2. The predicted octanol–water partition coefficient (Wildman–Crippen LogP) is 3.43. The monoisotopic (exact) mass is 351 g/mol. The molecule has 1 unspecified atom stereocenters. The smallest absolute Gasteiger partial charge is 0.251 e. The van der Waals surface area contributed by atoms with E-state index in [1.807, 2.05) is 30.3 Å². The molecule has 0 radical (unpaired) electrons. The largest absolute Gasteiger partial charge is 0.370 e. The van der Waals surface area contributed by atoms with Crippen LogP contribution in [0, 0.1) is 0 Å². The van der Waals surface area contributed by atoms with E-state index in [0.717, 1.165) is 24.5 Å². The van der Waals surface area contributed by atoms with E-state index >= 15 is 0 Å². The molecule has 2 N–H and O–H groups in total. The van der Waals surface area contributed by atoms with Crippen LogP contribution >= 0.6 is 0 Å². The highest BCUT2D eigenvalue weighted by molar-refractivity contribution is 6.02. The number of carbonyl (C=O) groups is 2. The summed E-state index contributed by atoms with van der Waals surface area (Å²) in [5, 5.41) is 5.72. The van der Waals surface area contributed by atoms with Crippen LogP contribution in [0.25, 0.3) is 0 Å². The van der Waals surface area contributed by atoms with E-state index in [4.69, 9.17) is 0 Å². The van der Waals surface area contributed by atoms with Crippen molar-refractivity contribution in [1.82, 2.24) is 5.32 Å². The van der Waals surface area contributed by atoms with Gasteiger partial charge < -0.3 is 15.5 Å². The number of nitrogens with zero attached hydrogens (tertiary/aromatic N) is 1. The van der Waals surface area contributed by atoms with Gasteiger partial charge in [0.1, 0.15) is 6.04 Å². The Bertz CT molecular complexity index is 755.